The summed E-state index contributed by atoms with van der Waals surface area (Å²) in [6.45, 7) is 2.74. The third-order valence-corrected chi connectivity index (χ3v) is 6.06. The monoisotopic (exact) mass is 479 g/mol. The third kappa shape index (κ3) is 4.24. The van der Waals surface area contributed by atoms with E-state index in [2.05, 4.69) is 25.3 Å². The van der Waals surface area contributed by atoms with Crippen molar-refractivity contribution in [3.8, 4) is 11.4 Å². The molecule has 0 unspecified atom stereocenters. The molecule has 0 spiro atoms. The van der Waals surface area contributed by atoms with Gasteiger partial charge in [-0.15, -0.1) is 0 Å². The molecule has 2 N–H and O–H groups in total. The topological polar surface area (TPSA) is 128 Å². The van der Waals surface area contributed by atoms with Gasteiger partial charge >= 0.3 is 5.69 Å². The van der Waals surface area contributed by atoms with Gasteiger partial charge in [0.25, 0.3) is 5.56 Å². The fourth-order valence-electron chi connectivity index (χ4n) is 3.76. The van der Waals surface area contributed by atoms with Crippen molar-refractivity contribution >= 4 is 34.4 Å². The number of carbonyl (C=O) groups is 1. The van der Waals surface area contributed by atoms with Gasteiger partial charge in [-0.1, -0.05) is 11.6 Å². The van der Waals surface area contributed by atoms with Crippen molar-refractivity contribution < 1.29 is 4.79 Å². The Morgan fingerprint density at radius 1 is 1.15 bits per heavy atom. The van der Waals surface area contributed by atoms with Crippen LogP contribution in [0, 0.1) is 5.92 Å². The van der Waals surface area contributed by atoms with Crippen molar-refractivity contribution in [3.05, 3.63) is 68.2 Å². The van der Waals surface area contributed by atoms with E-state index in [4.69, 9.17) is 11.6 Å². The number of pyridine rings is 2. The number of aromatic amines is 1. The Morgan fingerprint density at radius 3 is 2.62 bits per heavy atom. The van der Waals surface area contributed by atoms with Gasteiger partial charge < -0.3 is 10.3 Å². The molecular formula is C23H22ClN7O3. The average Bonchev–Trinajstić information content (AvgIpc) is 3.57. The maximum atomic E-state index is 13.0. The minimum atomic E-state index is -0.350. The van der Waals surface area contributed by atoms with Crippen LogP contribution in [0.25, 0.3) is 22.6 Å². The molecule has 11 heteroatoms. The molecule has 0 radical (unpaired) electrons. The van der Waals surface area contributed by atoms with Crippen molar-refractivity contribution in [2.75, 3.05) is 11.9 Å². The van der Waals surface area contributed by atoms with Crippen LogP contribution in [-0.4, -0.2) is 41.4 Å². The van der Waals surface area contributed by atoms with E-state index in [1.54, 1.807) is 30.5 Å². The molecule has 1 fully saturated rings. The van der Waals surface area contributed by atoms with Gasteiger partial charge in [0.2, 0.25) is 0 Å². The quantitative estimate of drug-likeness (QED) is 0.294. The maximum absolute atomic E-state index is 13.0. The number of rotatable bonds is 8. The van der Waals surface area contributed by atoms with Crippen molar-refractivity contribution in [3.63, 3.8) is 0 Å². The molecule has 5 rings (SSSR count). The Hall–Kier alpha value is -3.79. The van der Waals surface area contributed by atoms with Crippen molar-refractivity contribution in [1.82, 2.24) is 29.1 Å². The lowest BCUT2D eigenvalue weighted by atomic mass is 10.2. The fraction of sp³-hybridized carbons (Fsp3) is 0.304. The van der Waals surface area contributed by atoms with Gasteiger partial charge in [0.1, 0.15) is 22.3 Å². The first kappa shape index (κ1) is 22.0. The van der Waals surface area contributed by atoms with Gasteiger partial charge in [-0.2, -0.15) is 0 Å². The highest BCUT2D eigenvalue weighted by Crippen LogP contribution is 2.29. The number of imidazole rings is 1. The molecule has 0 aliphatic heterocycles. The van der Waals surface area contributed by atoms with Crippen molar-refractivity contribution in [2.45, 2.75) is 32.9 Å². The summed E-state index contributed by atoms with van der Waals surface area (Å²) in [4.78, 5) is 54.0. The molecule has 174 valence electrons. The number of fused-ring (bicyclic) bond motifs is 1. The molecule has 10 nitrogen and oxygen atoms in total. The summed E-state index contributed by atoms with van der Waals surface area (Å²) in [5.74, 6) is 1.20. The summed E-state index contributed by atoms with van der Waals surface area (Å²) in [5, 5.41) is 3.30. The molecule has 1 saturated carbocycles. The van der Waals surface area contributed by atoms with Crippen LogP contribution in [0.15, 0.2) is 46.2 Å². The summed E-state index contributed by atoms with van der Waals surface area (Å²) >= 11 is 5.75. The zero-order valence-electron chi connectivity index (χ0n) is 18.4. The van der Waals surface area contributed by atoms with Crippen LogP contribution in [-0.2, 0) is 13.1 Å². The van der Waals surface area contributed by atoms with Crippen LogP contribution in [0.4, 0.5) is 5.82 Å². The SMILES string of the molecule is CCn1c(=O)n(CC2CC2)c(=O)c2[nH]c(-c3ccc(NCC(=O)c4ccc(Cl)nc4)nc3)nc21. The second-order valence-electron chi connectivity index (χ2n) is 8.25. The highest BCUT2D eigenvalue weighted by atomic mass is 35.5. The van der Waals surface area contributed by atoms with Gasteiger partial charge in [0, 0.05) is 36.6 Å². The first-order valence-electron chi connectivity index (χ1n) is 11.0. The Balaban J connectivity index is 1.38. The number of hydrogen-bond donors (Lipinski definition) is 2. The van der Waals surface area contributed by atoms with Crippen molar-refractivity contribution in [2.24, 2.45) is 5.92 Å². The molecule has 4 heterocycles. The van der Waals surface area contributed by atoms with E-state index in [-0.39, 0.29) is 23.6 Å². The van der Waals surface area contributed by atoms with Gasteiger partial charge in [0.05, 0.1) is 6.54 Å². The van der Waals surface area contributed by atoms with E-state index >= 15 is 0 Å². The van der Waals surface area contributed by atoms with Crippen LogP contribution < -0.4 is 16.6 Å². The molecule has 0 amide bonds. The lowest BCUT2D eigenvalue weighted by molar-refractivity contribution is 0.101. The molecule has 1 aliphatic carbocycles. The highest BCUT2D eigenvalue weighted by molar-refractivity contribution is 6.29. The highest BCUT2D eigenvalue weighted by Gasteiger charge is 2.25. The van der Waals surface area contributed by atoms with Gasteiger partial charge in [-0.25, -0.2) is 19.7 Å². The van der Waals surface area contributed by atoms with Crippen molar-refractivity contribution in [1.29, 1.82) is 0 Å². The normalized spacial score (nSPS) is 13.4. The summed E-state index contributed by atoms with van der Waals surface area (Å²) < 4.78 is 2.82. The molecule has 0 aromatic carbocycles. The largest absolute Gasteiger partial charge is 0.363 e. The standard InChI is InChI=1S/C23H22ClN7O3/c1-2-30-21-19(22(33)31(23(30)34)12-13-3-4-13)28-20(29-21)15-6-8-18(26-10-15)27-11-16(32)14-5-7-17(24)25-9-14/h5-10,13H,2-4,11-12H2,1H3,(H,26,27)(H,28,29). The van der Waals surface area contributed by atoms with Crippen LogP contribution in [0.3, 0.4) is 0 Å². The maximum Gasteiger partial charge on any atom is 0.332 e. The number of hydrogen-bond acceptors (Lipinski definition) is 7. The van der Waals surface area contributed by atoms with E-state index in [1.165, 1.54) is 15.3 Å². The smallest absolute Gasteiger partial charge is 0.332 e. The van der Waals surface area contributed by atoms with Crippen LogP contribution in [0.5, 0.6) is 0 Å². The Kier molecular flexibility index (Phi) is 5.74. The number of ketones is 1. The summed E-state index contributed by atoms with van der Waals surface area (Å²) in [6, 6.07) is 6.67. The third-order valence-electron chi connectivity index (χ3n) is 5.83. The number of aryl methyl sites for hydroxylation is 1. The van der Waals surface area contributed by atoms with Gasteiger partial charge in [-0.3, -0.25) is 18.7 Å². The van der Waals surface area contributed by atoms with Crippen LogP contribution >= 0.6 is 11.6 Å². The Bertz CT molecular complexity index is 1480. The minimum absolute atomic E-state index is 0.0452. The van der Waals surface area contributed by atoms with Crippen LogP contribution in [0.1, 0.15) is 30.1 Å². The second kappa shape index (κ2) is 8.86. The lowest BCUT2D eigenvalue weighted by Crippen LogP contribution is -2.40. The first-order valence-corrected chi connectivity index (χ1v) is 11.4. The summed E-state index contributed by atoms with van der Waals surface area (Å²) in [5.41, 5.74) is 1.06. The molecule has 34 heavy (non-hydrogen) atoms. The molecular weight excluding hydrogens is 458 g/mol. The number of anilines is 1. The number of Topliss-reactive ketones (excluding diaryl/α,β-unsaturated/α-hetero) is 1. The summed E-state index contributed by atoms with van der Waals surface area (Å²) in [6.07, 6.45) is 5.10. The Labute approximate surface area is 198 Å². The number of H-pyrrole nitrogens is 1. The minimum Gasteiger partial charge on any atom is -0.363 e. The Morgan fingerprint density at radius 2 is 1.97 bits per heavy atom. The number of halogens is 1. The number of nitrogens with one attached hydrogen (secondary N) is 2. The zero-order valence-corrected chi connectivity index (χ0v) is 19.2. The predicted molar refractivity (Wildman–Crippen MR) is 128 cm³/mol. The number of carbonyl (C=O) groups excluding carboxylic acids is 1. The number of aromatic nitrogens is 6. The van der Waals surface area contributed by atoms with E-state index in [0.717, 1.165) is 12.8 Å². The van der Waals surface area contributed by atoms with E-state index in [9.17, 15) is 14.4 Å². The summed E-state index contributed by atoms with van der Waals surface area (Å²) in [7, 11) is 0. The van der Waals surface area contributed by atoms with Gasteiger partial charge in [0.15, 0.2) is 11.4 Å². The van der Waals surface area contributed by atoms with E-state index in [0.29, 0.717) is 58.1 Å². The molecule has 0 bridgehead atoms. The van der Waals surface area contributed by atoms with E-state index in [1.807, 2.05) is 6.92 Å². The van der Waals surface area contributed by atoms with Crippen LogP contribution in [0.2, 0.25) is 5.15 Å². The lowest BCUT2D eigenvalue weighted by Gasteiger charge is -2.08. The number of nitrogens with zero attached hydrogens (tertiary/aromatic N) is 5. The molecule has 0 saturated heterocycles. The molecule has 1 aliphatic rings. The van der Waals surface area contributed by atoms with E-state index < -0.39 is 0 Å². The predicted octanol–water partition coefficient (Wildman–Crippen LogP) is 2.72. The molecule has 0 atom stereocenters. The average molecular weight is 480 g/mol. The second-order valence-corrected chi connectivity index (χ2v) is 8.64. The molecule has 4 aromatic heterocycles. The zero-order chi connectivity index (χ0) is 23.8. The molecule has 4 aromatic rings. The first-order chi connectivity index (χ1) is 16.4. The van der Waals surface area contributed by atoms with Gasteiger partial charge in [-0.05, 0) is 49.9 Å². The fourth-order valence-corrected chi connectivity index (χ4v) is 3.87.